The van der Waals surface area contributed by atoms with Gasteiger partial charge >= 0.3 is 5.97 Å². The minimum atomic E-state index is -0.400. The molecule has 3 N–H and O–H groups in total. The van der Waals surface area contributed by atoms with Crippen molar-refractivity contribution in [3.63, 3.8) is 0 Å². The van der Waals surface area contributed by atoms with Crippen LogP contribution in [-0.4, -0.2) is 55.8 Å². The molecule has 6 nitrogen and oxygen atoms in total. The van der Waals surface area contributed by atoms with Gasteiger partial charge in [-0.05, 0) is 55.5 Å². The van der Waals surface area contributed by atoms with Crippen molar-refractivity contribution in [2.75, 3.05) is 50.5 Å². The van der Waals surface area contributed by atoms with Gasteiger partial charge in [-0.15, -0.1) is 0 Å². The van der Waals surface area contributed by atoms with E-state index >= 15 is 0 Å². The summed E-state index contributed by atoms with van der Waals surface area (Å²) in [6.07, 6.45) is 4.05. The predicted molar refractivity (Wildman–Crippen MR) is 118 cm³/mol. The van der Waals surface area contributed by atoms with Gasteiger partial charge in [-0.1, -0.05) is 26.8 Å². The van der Waals surface area contributed by atoms with Gasteiger partial charge in [-0.2, -0.15) is 0 Å². The maximum absolute atomic E-state index is 11.3. The lowest BCUT2D eigenvalue weighted by molar-refractivity contribution is -0.134. The Hall–Kier alpha value is -2.12. The Labute approximate surface area is 168 Å². The van der Waals surface area contributed by atoms with E-state index in [1.165, 1.54) is 13.2 Å². The van der Waals surface area contributed by atoms with E-state index in [-0.39, 0.29) is 0 Å². The molecule has 1 aromatic rings. The number of nitrogen functional groups attached to an aromatic ring is 1. The molecule has 0 radical (unpaired) electrons. The van der Waals surface area contributed by atoms with Gasteiger partial charge in [0.2, 0.25) is 0 Å². The standard InChI is InChI=1S/C20H32N4O2S/c1-5-12-22-20(27)24(14-13-23(6-2)7-3)18-10-8-16(15-17(18)21)9-11-19(25)26-4/h8-11,15H,5-7,12-14,21H2,1-4H3,(H,22,27). The summed E-state index contributed by atoms with van der Waals surface area (Å²) in [5, 5.41) is 3.96. The Kier molecular flexibility index (Phi) is 10.4. The molecule has 0 bridgehead atoms. The average Bonchev–Trinajstić information content (AvgIpc) is 2.68. The first-order chi connectivity index (χ1) is 13.0. The van der Waals surface area contributed by atoms with Crippen LogP contribution in [0.1, 0.15) is 32.8 Å². The topological polar surface area (TPSA) is 70.8 Å². The Bertz CT molecular complexity index is 645. The Morgan fingerprint density at radius 1 is 1.26 bits per heavy atom. The highest BCUT2D eigenvalue weighted by molar-refractivity contribution is 7.80. The maximum Gasteiger partial charge on any atom is 0.330 e. The summed E-state index contributed by atoms with van der Waals surface area (Å²) >= 11 is 5.61. The summed E-state index contributed by atoms with van der Waals surface area (Å²) in [6.45, 7) is 10.9. The van der Waals surface area contributed by atoms with Crippen molar-refractivity contribution in [3.8, 4) is 0 Å². The first-order valence-electron chi connectivity index (χ1n) is 9.40. The van der Waals surface area contributed by atoms with E-state index in [4.69, 9.17) is 18.0 Å². The van der Waals surface area contributed by atoms with Crippen molar-refractivity contribution in [3.05, 3.63) is 29.8 Å². The number of nitrogens with one attached hydrogen (secondary N) is 1. The van der Waals surface area contributed by atoms with Crippen LogP contribution in [0.2, 0.25) is 0 Å². The van der Waals surface area contributed by atoms with Crippen molar-refractivity contribution in [1.29, 1.82) is 0 Å². The van der Waals surface area contributed by atoms with Crippen LogP contribution in [0.15, 0.2) is 24.3 Å². The van der Waals surface area contributed by atoms with Crippen molar-refractivity contribution < 1.29 is 9.53 Å². The van der Waals surface area contributed by atoms with Crippen LogP contribution in [-0.2, 0) is 9.53 Å². The van der Waals surface area contributed by atoms with E-state index in [1.807, 2.05) is 23.1 Å². The molecule has 0 spiro atoms. The number of rotatable bonds is 10. The molecule has 1 rings (SSSR count). The SMILES string of the molecule is CCCNC(=S)N(CCN(CC)CC)c1ccc(C=CC(=O)OC)cc1N. The lowest BCUT2D eigenvalue weighted by atomic mass is 10.1. The fourth-order valence-corrected chi connectivity index (χ4v) is 2.89. The summed E-state index contributed by atoms with van der Waals surface area (Å²) in [4.78, 5) is 15.7. The number of nitrogens with two attached hydrogens (primary N) is 1. The third-order valence-corrected chi connectivity index (χ3v) is 4.63. The van der Waals surface area contributed by atoms with Crippen molar-refractivity contribution >= 4 is 40.8 Å². The summed E-state index contributed by atoms with van der Waals surface area (Å²) < 4.78 is 4.61. The Morgan fingerprint density at radius 2 is 1.96 bits per heavy atom. The summed E-state index contributed by atoms with van der Waals surface area (Å²) in [5.74, 6) is -0.400. The van der Waals surface area contributed by atoms with Gasteiger partial charge in [-0.25, -0.2) is 4.79 Å². The first-order valence-corrected chi connectivity index (χ1v) is 9.80. The molecule has 0 heterocycles. The molecule has 27 heavy (non-hydrogen) atoms. The minimum Gasteiger partial charge on any atom is -0.466 e. The number of anilines is 2. The second-order valence-electron chi connectivity index (χ2n) is 6.09. The second-order valence-corrected chi connectivity index (χ2v) is 6.47. The van der Waals surface area contributed by atoms with E-state index in [1.54, 1.807) is 6.08 Å². The number of hydrogen-bond donors (Lipinski definition) is 2. The summed E-state index contributed by atoms with van der Waals surface area (Å²) in [5.41, 5.74) is 8.62. The number of carbonyl (C=O) groups is 1. The normalized spacial score (nSPS) is 11.0. The molecule has 1 aromatic carbocycles. The number of likely N-dealkylation sites (N-methyl/N-ethyl adjacent to an activating group) is 1. The molecule has 0 unspecified atom stereocenters. The Balaban J connectivity index is 3.03. The quantitative estimate of drug-likeness (QED) is 0.275. The number of methoxy groups -OCH3 is 1. The monoisotopic (exact) mass is 392 g/mol. The molecule has 0 saturated heterocycles. The number of esters is 1. The molecule has 0 atom stereocenters. The highest BCUT2D eigenvalue weighted by Crippen LogP contribution is 2.25. The molecular formula is C20H32N4O2S. The Morgan fingerprint density at radius 3 is 2.52 bits per heavy atom. The van der Waals surface area contributed by atoms with Crippen LogP contribution in [0, 0.1) is 0 Å². The lowest BCUT2D eigenvalue weighted by Crippen LogP contribution is -2.44. The number of thiocarbonyl (C=S) groups is 1. The van der Waals surface area contributed by atoms with Crippen LogP contribution in [0.3, 0.4) is 0 Å². The van der Waals surface area contributed by atoms with Gasteiger partial charge in [0, 0.05) is 25.7 Å². The third kappa shape index (κ3) is 7.56. The first kappa shape index (κ1) is 22.9. The van der Waals surface area contributed by atoms with Crippen LogP contribution in [0.25, 0.3) is 6.08 Å². The molecule has 0 aliphatic carbocycles. The maximum atomic E-state index is 11.3. The van der Waals surface area contributed by atoms with E-state index < -0.39 is 5.97 Å². The highest BCUT2D eigenvalue weighted by Gasteiger charge is 2.16. The van der Waals surface area contributed by atoms with Crippen molar-refractivity contribution in [1.82, 2.24) is 10.2 Å². The number of hydrogen-bond acceptors (Lipinski definition) is 5. The zero-order valence-electron chi connectivity index (χ0n) is 16.8. The average molecular weight is 393 g/mol. The van der Waals surface area contributed by atoms with Crippen LogP contribution < -0.4 is 16.0 Å². The fraction of sp³-hybridized carbons (Fsp3) is 0.500. The lowest BCUT2D eigenvalue weighted by Gasteiger charge is -2.30. The van der Waals surface area contributed by atoms with Crippen molar-refractivity contribution in [2.24, 2.45) is 0 Å². The van der Waals surface area contributed by atoms with Gasteiger partial charge in [-0.3, -0.25) is 0 Å². The number of nitrogens with zero attached hydrogens (tertiary/aromatic N) is 2. The second kappa shape index (κ2) is 12.3. The zero-order valence-corrected chi connectivity index (χ0v) is 17.6. The molecule has 0 amide bonds. The van der Waals surface area contributed by atoms with Gasteiger partial charge in [0.1, 0.15) is 0 Å². The van der Waals surface area contributed by atoms with E-state index in [0.717, 1.165) is 50.4 Å². The van der Waals surface area contributed by atoms with E-state index in [9.17, 15) is 4.79 Å². The van der Waals surface area contributed by atoms with Crippen LogP contribution in [0.5, 0.6) is 0 Å². The molecule has 7 heteroatoms. The van der Waals surface area contributed by atoms with Gasteiger partial charge in [0.15, 0.2) is 5.11 Å². The van der Waals surface area contributed by atoms with Crippen molar-refractivity contribution in [2.45, 2.75) is 27.2 Å². The summed E-state index contributed by atoms with van der Waals surface area (Å²) in [7, 11) is 1.35. The largest absolute Gasteiger partial charge is 0.466 e. The molecule has 0 aliphatic rings. The predicted octanol–water partition coefficient (Wildman–Crippen LogP) is 2.89. The molecule has 0 fully saturated rings. The van der Waals surface area contributed by atoms with Gasteiger partial charge < -0.3 is 25.6 Å². The van der Waals surface area contributed by atoms with E-state index in [2.05, 4.69) is 35.7 Å². The molecule has 0 saturated carbocycles. The third-order valence-electron chi connectivity index (χ3n) is 4.26. The smallest absolute Gasteiger partial charge is 0.330 e. The van der Waals surface area contributed by atoms with E-state index in [0.29, 0.717) is 10.8 Å². The van der Waals surface area contributed by atoms with Crippen LogP contribution in [0.4, 0.5) is 11.4 Å². The molecular weight excluding hydrogens is 360 g/mol. The minimum absolute atomic E-state index is 0.400. The van der Waals surface area contributed by atoms with Gasteiger partial charge in [0.05, 0.1) is 18.5 Å². The van der Waals surface area contributed by atoms with Gasteiger partial charge in [0.25, 0.3) is 0 Å². The molecule has 0 aliphatic heterocycles. The number of carbonyl (C=O) groups excluding carboxylic acids is 1. The highest BCUT2D eigenvalue weighted by atomic mass is 32.1. The fourth-order valence-electron chi connectivity index (χ4n) is 2.59. The number of ether oxygens (including phenoxy) is 1. The summed E-state index contributed by atoms with van der Waals surface area (Å²) in [6, 6.07) is 5.69. The molecule has 0 aromatic heterocycles. The number of benzene rings is 1. The zero-order chi connectivity index (χ0) is 20.2. The molecule has 150 valence electrons. The van der Waals surface area contributed by atoms with Crippen LogP contribution >= 0.6 is 12.2 Å².